The maximum Gasteiger partial charge on any atom is 0.0578 e. The lowest BCUT2D eigenvalue weighted by molar-refractivity contribution is 0.0878. The molecule has 0 radical (unpaired) electrons. The number of ether oxygens (including phenoxy) is 1. The molecule has 0 bridgehead atoms. The number of hydrogen-bond donors (Lipinski definition) is 0. The summed E-state index contributed by atoms with van der Waals surface area (Å²) in [5, 5.41) is 0. The summed E-state index contributed by atoms with van der Waals surface area (Å²) in [6, 6.07) is 0. The van der Waals surface area contributed by atoms with Gasteiger partial charge in [0.15, 0.2) is 0 Å². The van der Waals surface area contributed by atoms with Gasteiger partial charge >= 0.3 is 0 Å². The van der Waals surface area contributed by atoms with Gasteiger partial charge in [0.1, 0.15) is 0 Å². The molecule has 2 atom stereocenters. The van der Waals surface area contributed by atoms with Crippen LogP contribution in [0.25, 0.3) is 0 Å². The summed E-state index contributed by atoms with van der Waals surface area (Å²) in [6.45, 7) is 3.26. The van der Waals surface area contributed by atoms with Crippen LogP contribution in [0.2, 0.25) is 0 Å². The molecular weight excluding hydrogens is 160 g/mol. The average molecular weight is 180 g/mol. The summed E-state index contributed by atoms with van der Waals surface area (Å²) in [4.78, 5) is 0. The molecule has 0 unspecified atom stereocenters. The highest BCUT2D eigenvalue weighted by Crippen LogP contribution is 2.29. The van der Waals surface area contributed by atoms with Crippen molar-refractivity contribution in [3.8, 4) is 0 Å². The van der Waals surface area contributed by atoms with Gasteiger partial charge in [0.2, 0.25) is 0 Å². The molecule has 1 nitrogen and oxygen atoms in total. The van der Waals surface area contributed by atoms with E-state index in [9.17, 15) is 0 Å². The third kappa shape index (κ3) is 2.57. The van der Waals surface area contributed by atoms with Crippen molar-refractivity contribution in [1.82, 2.24) is 0 Å². The molecule has 0 aromatic rings. The molecule has 74 valence electrons. The third-order valence-electron chi connectivity index (χ3n) is 3.37. The molecule has 0 spiro atoms. The summed E-state index contributed by atoms with van der Waals surface area (Å²) >= 11 is 0. The van der Waals surface area contributed by atoms with E-state index in [4.69, 9.17) is 4.74 Å². The molecule has 0 saturated carbocycles. The predicted molar refractivity (Wildman–Crippen MR) is 54.7 cm³/mol. The Balaban J connectivity index is 1.76. The van der Waals surface area contributed by atoms with E-state index in [0.717, 1.165) is 12.5 Å². The number of hydrogen-bond acceptors (Lipinski definition) is 1. The fourth-order valence-electron chi connectivity index (χ4n) is 2.44. The van der Waals surface area contributed by atoms with E-state index in [1.54, 1.807) is 5.57 Å². The van der Waals surface area contributed by atoms with Crippen LogP contribution in [0.15, 0.2) is 11.6 Å². The average Bonchev–Trinajstić information content (AvgIpc) is 2.62. The van der Waals surface area contributed by atoms with Crippen LogP contribution in [0.3, 0.4) is 0 Å². The van der Waals surface area contributed by atoms with Crippen molar-refractivity contribution >= 4 is 0 Å². The van der Waals surface area contributed by atoms with Gasteiger partial charge in [-0.2, -0.15) is 0 Å². The predicted octanol–water partition coefficient (Wildman–Crippen LogP) is 3.30. The highest BCUT2D eigenvalue weighted by atomic mass is 16.5. The molecule has 1 aliphatic heterocycles. The molecule has 1 heterocycles. The highest BCUT2D eigenvalue weighted by Gasteiger charge is 2.21. The Labute approximate surface area is 81.2 Å². The molecule has 0 amide bonds. The summed E-state index contributed by atoms with van der Waals surface area (Å²) in [7, 11) is 0. The molecule has 0 aromatic heterocycles. The van der Waals surface area contributed by atoms with Gasteiger partial charge in [-0.15, -0.1) is 0 Å². The van der Waals surface area contributed by atoms with E-state index < -0.39 is 0 Å². The van der Waals surface area contributed by atoms with Gasteiger partial charge < -0.3 is 4.74 Å². The first-order valence-corrected chi connectivity index (χ1v) is 5.62. The van der Waals surface area contributed by atoms with Crippen LogP contribution in [0.4, 0.5) is 0 Å². The number of allylic oxidation sites excluding steroid dienone is 2. The van der Waals surface area contributed by atoms with Gasteiger partial charge in [-0.1, -0.05) is 11.6 Å². The third-order valence-corrected chi connectivity index (χ3v) is 3.37. The van der Waals surface area contributed by atoms with E-state index in [-0.39, 0.29) is 0 Å². The molecule has 2 aliphatic rings. The molecule has 1 saturated heterocycles. The van der Waals surface area contributed by atoms with Crippen LogP contribution in [0, 0.1) is 5.92 Å². The quantitative estimate of drug-likeness (QED) is 0.592. The van der Waals surface area contributed by atoms with Crippen molar-refractivity contribution in [1.29, 1.82) is 0 Å². The normalized spacial score (nSPS) is 34.7. The van der Waals surface area contributed by atoms with Crippen molar-refractivity contribution in [2.24, 2.45) is 5.92 Å². The first-order valence-electron chi connectivity index (χ1n) is 5.62. The van der Waals surface area contributed by atoms with Crippen LogP contribution >= 0.6 is 0 Å². The molecular formula is C12H20O. The van der Waals surface area contributed by atoms with Gasteiger partial charge in [-0.25, -0.2) is 0 Å². The topological polar surface area (TPSA) is 9.23 Å². The maximum atomic E-state index is 5.66. The van der Waals surface area contributed by atoms with Crippen molar-refractivity contribution in [3.05, 3.63) is 11.6 Å². The van der Waals surface area contributed by atoms with E-state index in [2.05, 4.69) is 13.0 Å². The molecule has 1 fully saturated rings. The fourth-order valence-corrected chi connectivity index (χ4v) is 2.44. The van der Waals surface area contributed by atoms with Crippen molar-refractivity contribution < 1.29 is 4.74 Å². The van der Waals surface area contributed by atoms with E-state index >= 15 is 0 Å². The monoisotopic (exact) mass is 180 g/mol. The fraction of sp³-hybridized carbons (Fsp3) is 0.833. The lowest BCUT2D eigenvalue weighted by atomic mass is 9.86. The zero-order valence-electron chi connectivity index (χ0n) is 8.59. The second-order valence-corrected chi connectivity index (χ2v) is 4.56. The summed E-state index contributed by atoms with van der Waals surface area (Å²) in [5.74, 6) is 0.909. The first kappa shape index (κ1) is 9.26. The first-order chi connectivity index (χ1) is 6.34. The minimum Gasteiger partial charge on any atom is -0.378 e. The molecule has 0 N–H and O–H groups in total. The Morgan fingerprint density at radius 1 is 1.46 bits per heavy atom. The smallest absolute Gasteiger partial charge is 0.0578 e. The van der Waals surface area contributed by atoms with Crippen LogP contribution in [-0.4, -0.2) is 12.7 Å². The Bertz CT molecular complexity index is 189. The molecule has 1 aliphatic carbocycles. The van der Waals surface area contributed by atoms with Gasteiger partial charge in [0.05, 0.1) is 6.10 Å². The number of rotatable bonds is 2. The van der Waals surface area contributed by atoms with Gasteiger partial charge in [0, 0.05) is 6.61 Å². The van der Waals surface area contributed by atoms with E-state index in [1.165, 1.54) is 38.5 Å². The van der Waals surface area contributed by atoms with E-state index in [0.29, 0.717) is 6.10 Å². The lowest BCUT2D eigenvalue weighted by Gasteiger charge is -2.22. The Kier molecular flexibility index (Phi) is 3.05. The van der Waals surface area contributed by atoms with Crippen molar-refractivity contribution in [2.75, 3.05) is 6.61 Å². The Morgan fingerprint density at radius 2 is 2.38 bits per heavy atom. The van der Waals surface area contributed by atoms with Crippen LogP contribution < -0.4 is 0 Å². The Hall–Kier alpha value is -0.300. The second kappa shape index (κ2) is 4.28. The summed E-state index contributed by atoms with van der Waals surface area (Å²) < 4.78 is 5.66. The largest absolute Gasteiger partial charge is 0.378 e. The van der Waals surface area contributed by atoms with Crippen LogP contribution in [0.5, 0.6) is 0 Å². The maximum absolute atomic E-state index is 5.66. The minimum atomic E-state index is 0.594. The zero-order chi connectivity index (χ0) is 9.10. The molecule has 0 aromatic carbocycles. The van der Waals surface area contributed by atoms with Gasteiger partial charge in [0.25, 0.3) is 0 Å². The minimum absolute atomic E-state index is 0.594. The summed E-state index contributed by atoms with van der Waals surface area (Å²) in [6.07, 6.45) is 10.9. The SMILES string of the molecule is CC1=CC[C@H](C[C@H]2CCCO2)CC1. The van der Waals surface area contributed by atoms with Crippen molar-refractivity contribution in [2.45, 2.75) is 51.6 Å². The zero-order valence-corrected chi connectivity index (χ0v) is 8.59. The second-order valence-electron chi connectivity index (χ2n) is 4.56. The van der Waals surface area contributed by atoms with Gasteiger partial charge in [-0.3, -0.25) is 0 Å². The Morgan fingerprint density at radius 3 is 3.00 bits per heavy atom. The highest BCUT2D eigenvalue weighted by molar-refractivity contribution is 5.03. The van der Waals surface area contributed by atoms with Crippen LogP contribution in [-0.2, 0) is 4.74 Å². The summed E-state index contributed by atoms with van der Waals surface area (Å²) in [5.41, 5.74) is 1.59. The van der Waals surface area contributed by atoms with Crippen LogP contribution in [0.1, 0.15) is 45.4 Å². The lowest BCUT2D eigenvalue weighted by Crippen LogP contribution is -2.14. The molecule has 2 rings (SSSR count). The van der Waals surface area contributed by atoms with E-state index in [1.807, 2.05) is 0 Å². The van der Waals surface area contributed by atoms with Crippen molar-refractivity contribution in [3.63, 3.8) is 0 Å². The molecule has 13 heavy (non-hydrogen) atoms. The molecule has 1 heteroatoms. The van der Waals surface area contributed by atoms with Gasteiger partial charge in [-0.05, 0) is 51.4 Å². The standard InChI is InChI=1S/C12H20O/c1-10-4-6-11(7-5-10)9-12-3-2-8-13-12/h4,11-12H,2-3,5-9H2,1H3/t11-,12+/m0/s1.